The summed E-state index contributed by atoms with van der Waals surface area (Å²) in [5, 5.41) is 12.2. The number of rotatable bonds is 4. The number of hydrogen-bond acceptors (Lipinski definition) is 3. The zero-order valence-corrected chi connectivity index (χ0v) is 11.1. The fourth-order valence-corrected chi connectivity index (χ4v) is 3.53. The predicted octanol–water partition coefficient (Wildman–Crippen LogP) is 2.98. The van der Waals surface area contributed by atoms with Crippen LogP contribution in [0.15, 0.2) is 15.9 Å². The lowest BCUT2D eigenvalue weighted by molar-refractivity contribution is -0.148. The predicted molar refractivity (Wildman–Crippen MR) is 65.3 cm³/mol. The monoisotopic (exact) mass is 290 g/mol. The van der Waals surface area contributed by atoms with Crippen LogP contribution < -0.4 is 0 Å². The molecular formula is C11H15BrO2S. The van der Waals surface area contributed by atoms with E-state index in [1.165, 1.54) is 11.3 Å². The molecule has 4 heteroatoms. The van der Waals surface area contributed by atoms with Crippen LogP contribution in [-0.4, -0.2) is 23.9 Å². The third kappa shape index (κ3) is 2.28. The van der Waals surface area contributed by atoms with Gasteiger partial charge < -0.3 is 9.84 Å². The first-order valence-corrected chi connectivity index (χ1v) is 6.80. The quantitative estimate of drug-likeness (QED) is 0.924. The lowest BCUT2D eigenvalue weighted by atomic mass is 9.74. The van der Waals surface area contributed by atoms with Crippen molar-refractivity contribution in [2.24, 2.45) is 0 Å². The Balaban J connectivity index is 1.99. The summed E-state index contributed by atoms with van der Waals surface area (Å²) in [4.78, 5) is 1.21. The molecule has 84 valence electrons. The van der Waals surface area contributed by atoms with E-state index < -0.39 is 0 Å². The molecule has 1 atom stereocenters. The second kappa shape index (κ2) is 4.53. The molecule has 1 heterocycles. The zero-order chi connectivity index (χ0) is 10.9. The summed E-state index contributed by atoms with van der Waals surface area (Å²) in [5.41, 5.74) is -0.267. The number of thiophene rings is 1. The van der Waals surface area contributed by atoms with Gasteiger partial charge in [0.25, 0.3) is 0 Å². The Morgan fingerprint density at radius 1 is 1.67 bits per heavy atom. The maximum absolute atomic E-state index is 10.1. The molecule has 1 N–H and O–H groups in total. The Morgan fingerprint density at radius 2 is 2.40 bits per heavy atom. The van der Waals surface area contributed by atoms with Gasteiger partial charge in [0.1, 0.15) is 0 Å². The molecule has 2 rings (SSSR count). The second-order valence-electron chi connectivity index (χ2n) is 4.07. The number of halogens is 1. The molecule has 1 unspecified atom stereocenters. The van der Waals surface area contributed by atoms with Crippen LogP contribution in [-0.2, 0) is 11.2 Å². The Labute approximate surface area is 102 Å². The van der Waals surface area contributed by atoms with Gasteiger partial charge in [0.15, 0.2) is 0 Å². The summed E-state index contributed by atoms with van der Waals surface area (Å²) in [6, 6.07) is 2.07. The van der Waals surface area contributed by atoms with Gasteiger partial charge in [0.05, 0.1) is 11.7 Å². The third-order valence-corrected chi connectivity index (χ3v) is 4.95. The standard InChI is InChI=1S/C11H15BrO2S/c1-14-11(3-2-4-11)10(13)6-9-5-8(12)7-15-9/h5,7,10,13H,2-4,6H2,1H3. The lowest BCUT2D eigenvalue weighted by Gasteiger charge is -2.44. The fraction of sp³-hybridized carbons (Fsp3) is 0.636. The lowest BCUT2D eigenvalue weighted by Crippen LogP contribution is -2.50. The van der Waals surface area contributed by atoms with Gasteiger partial charge in [-0.3, -0.25) is 0 Å². The molecule has 1 aromatic heterocycles. The number of ether oxygens (including phenoxy) is 1. The van der Waals surface area contributed by atoms with Crippen LogP contribution in [0.25, 0.3) is 0 Å². The van der Waals surface area contributed by atoms with Gasteiger partial charge in [-0.25, -0.2) is 0 Å². The average molecular weight is 291 g/mol. The average Bonchev–Trinajstić information content (AvgIpc) is 2.50. The molecule has 0 saturated heterocycles. The van der Waals surface area contributed by atoms with Crippen molar-refractivity contribution in [1.29, 1.82) is 0 Å². The van der Waals surface area contributed by atoms with Gasteiger partial charge in [-0.1, -0.05) is 0 Å². The summed E-state index contributed by atoms with van der Waals surface area (Å²) in [6.45, 7) is 0. The molecule has 0 bridgehead atoms. The smallest absolute Gasteiger partial charge is 0.0940 e. The minimum absolute atomic E-state index is 0.267. The highest BCUT2D eigenvalue weighted by molar-refractivity contribution is 9.10. The number of aliphatic hydroxyl groups is 1. The molecule has 1 aromatic rings. The van der Waals surface area contributed by atoms with Crippen LogP contribution in [0.2, 0.25) is 0 Å². The van der Waals surface area contributed by atoms with Gasteiger partial charge in [0, 0.05) is 28.3 Å². The van der Waals surface area contributed by atoms with Gasteiger partial charge in [-0.2, -0.15) is 0 Å². The summed E-state index contributed by atoms with van der Waals surface area (Å²) in [5.74, 6) is 0. The first-order chi connectivity index (χ1) is 7.16. The van der Waals surface area contributed by atoms with Crippen molar-refractivity contribution in [3.05, 3.63) is 20.8 Å². The fourth-order valence-electron chi connectivity index (χ4n) is 2.04. The molecule has 0 spiro atoms. The van der Waals surface area contributed by atoms with Crippen LogP contribution >= 0.6 is 27.3 Å². The van der Waals surface area contributed by atoms with Crippen LogP contribution in [0.3, 0.4) is 0 Å². The van der Waals surface area contributed by atoms with Crippen LogP contribution in [0.1, 0.15) is 24.1 Å². The molecule has 0 aromatic carbocycles. The summed E-state index contributed by atoms with van der Waals surface area (Å²) in [6.07, 6.45) is 3.46. The molecule has 1 saturated carbocycles. The van der Waals surface area contributed by atoms with E-state index in [4.69, 9.17) is 4.74 Å². The first kappa shape index (κ1) is 11.6. The number of aliphatic hydroxyl groups excluding tert-OH is 1. The number of hydrogen-bond donors (Lipinski definition) is 1. The van der Waals surface area contributed by atoms with E-state index in [1.54, 1.807) is 18.4 Å². The Bertz CT molecular complexity index is 328. The molecule has 1 aliphatic carbocycles. The minimum Gasteiger partial charge on any atom is -0.390 e. The van der Waals surface area contributed by atoms with E-state index in [0.717, 1.165) is 17.3 Å². The molecule has 0 amide bonds. The van der Waals surface area contributed by atoms with E-state index in [-0.39, 0.29) is 11.7 Å². The van der Waals surface area contributed by atoms with E-state index >= 15 is 0 Å². The van der Waals surface area contributed by atoms with Gasteiger partial charge in [-0.15, -0.1) is 11.3 Å². The summed E-state index contributed by atoms with van der Waals surface area (Å²) in [7, 11) is 1.70. The maximum Gasteiger partial charge on any atom is 0.0940 e. The second-order valence-corrected chi connectivity index (χ2v) is 5.99. The molecule has 0 radical (unpaired) electrons. The van der Waals surface area contributed by atoms with Crippen LogP contribution in [0, 0.1) is 0 Å². The van der Waals surface area contributed by atoms with Crippen molar-refractivity contribution in [3.63, 3.8) is 0 Å². The molecule has 1 aliphatic rings. The molecular weight excluding hydrogens is 276 g/mol. The molecule has 1 fully saturated rings. The van der Waals surface area contributed by atoms with Crippen molar-refractivity contribution in [2.75, 3.05) is 7.11 Å². The van der Waals surface area contributed by atoms with Crippen LogP contribution in [0.4, 0.5) is 0 Å². The zero-order valence-electron chi connectivity index (χ0n) is 8.70. The van der Waals surface area contributed by atoms with Crippen molar-refractivity contribution in [1.82, 2.24) is 0 Å². The van der Waals surface area contributed by atoms with E-state index in [2.05, 4.69) is 22.0 Å². The van der Waals surface area contributed by atoms with E-state index in [1.807, 2.05) is 5.38 Å². The Kier molecular flexibility index (Phi) is 3.50. The highest BCUT2D eigenvalue weighted by Crippen LogP contribution is 2.39. The highest BCUT2D eigenvalue weighted by atomic mass is 79.9. The minimum atomic E-state index is -0.373. The first-order valence-electron chi connectivity index (χ1n) is 5.12. The van der Waals surface area contributed by atoms with Gasteiger partial charge in [-0.05, 0) is 41.3 Å². The largest absolute Gasteiger partial charge is 0.390 e. The van der Waals surface area contributed by atoms with E-state index in [9.17, 15) is 5.11 Å². The number of methoxy groups -OCH3 is 1. The van der Waals surface area contributed by atoms with Gasteiger partial charge in [0.2, 0.25) is 0 Å². The summed E-state index contributed by atoms with van der Waals surface area (Å²) >= 11 is 5.09. The van der Waals surface area contributed by atoms with Crippen molar-refractivity contribution in [2.45, 2.75) is 37.4 Å². The van der Waals surface area contributed by atoms with Gasteiger partial charge >= 0.3 is 0 Å². The third-order valence-electron chi connectivity index (χ3n) is 3.23. The van der Waals surface area contributed by atoms with Crippen molar-refractivity contribution < 1.29 is 9.84 Å². The van der Waals surface area contributed by atoms with Crippen molar-refractivity contribution >= 4 is 27.3 Å². The summed E-state index contributed by atoms with van der Waals surface area (Å²) < 4.78 is 6.55. The van der Waals surface area contributed by atoms with Crippen molar-refractivity contribution in [3.8, 4) is 0 Å². The SMILES string of the molecule is COC1(C(O)Cc2cc(Br)cs2)CCC1. The highest BCUT2D eigenvalue weighted by Gasteiger charge is 2.43. The van der Waals surface area contributed by atoms with Crippen LogP contribution in [0.5, 0.6) is 0 Å². The Morgan fingerprint density at radius 3 is 2.80 bits per heavy atom. The normalized spacial score (nSPS) is 21.0. The topological polar surface area (TPSA) is 29.5 Å². The Hall–Kier alpha value is 0.1000. The molecule has 0 aliphatic heterocycles. The molecule has 2 nitrogen and oxygen atoms in total. The van der Waals surface area contributed by atoms with E-state index in [0.29, 0.717) is 6.42 Å². The molecule has 15 heavy (non-hydrogen) atoms. The maximum atomic E-state index is 10.1.